The molecule has 0 aliphatic rings. The highest BCUT2D eigenvalue weighted by molar-refractivity contribution is 6.00. The highest BCUT2D eigenvalue weighted by Crippen LogP contribution is 2.13. The molecule has 2 aromatic carbocycles. The highest BCUT2D eigenvalue weighted by Gasteiger charge is 2.20. The number of carbonyl (C=O) groups excluding carboxylic acids is 3. The minimum absolute atomic E-state index is 0.0835. The number of benzene rings is 2. The standard InChI is InChI=1S/C19H18FNO5/c1-12(18(23)13-6-8-16(25-2)9-7-13)26-17(22)11-21-19(24)14-4-3-5-15(20)10-14/h3-10,12H,11H2,1-2H3,(H,21,24)/t12-/m1/s1. The lowest BCUT2D eigenvalue weighted by Crippen LogP contribution is -2.34. The summed E-state index contributed by atoms with van der Waals surface area (Å²) in [5.74, 6) is -1.72. The number of hydrogen-bond acceptors (Lipinski definition) is 5. The Balaban J connectivity index is 1.86. The summed E-state index contributed by atoms with van der Waals surface area (Å²) in [6.45, 7) is 1.01. The first-order chi connectivity index (χ1) is 12.4. The number of ketones is 1. The summed E-state index contributed by atoms with van der Waals surface area (Å²) in [5, 5.41) is 2.32. The van der Waals surface area contributed by atoms with Crippen molar-refractivity contribution >= 4 is 17.7 Å². The molecule has 0 aliphatic carbocycles. The Kier molecular flexibility index (Phi) is 6.43. The van der Waals surface area contributed by atoms with Gasteiger partial charge in [0.2, 0.25) is 5.78 Å². The van der Waals surface area contributed by atoms with Gasteiger partial charge in [-0.3, -0.25) is 14.4 Å². The number of carbonyl (C=O) groups is 3. The number of methoxy groups -OCH3 is 1. The van der Waals surface area contributed by atoms with Crippen LogP contribution in [0.4, 0.5) is 4.39 Å². The van der Waals surface area contributed by atoms with Crippen LogP contribution in [-0.4, -0.2) is 37.4 Å². The number of rotatable bonds is 7. The van der Waals surface area contributed by atoms with E-state index in [-0.39, 0.29) is 11.3 Å². The smallest absolute Gasteiger partial charge is 0.326 e. The van der Waals surface area contributed by atoms with Crippen molar-refractivity contribution < 1.29 is 28.2 Å². The lowest BCUT2D eigenvalue weighted by molar-refractivity contribution is -0.145. The van der Waals surface area contributed by atoms with Gasteiger partial charge >= 0.3 is 5.97 Å². The molecule has 2 rings (SSSR count). The molecular weight excluding hydrogens is 341 g/mol. The van der Waals surface area contributed by atoms with Crippen LogP contribution in [0.1, 0.15) is 27.6 Å². The van der Waals surface area contributed by atoms with Gasteiger partial charge in [-0.1, -0.05) is 6.07 Å². The first-order valence-corrected chi connectivity index (χ1v) is 7.82. The summed E-state index contributed by atoms with van der Waals surface area (Å²) in [6.07, 6.45) is -1.01. The molecule has 0 aliphatic heterocycles. The molecule has 0 unspecified atom stereocenters. The van der Waals surface area contributed by atoms with E-state index in [1.165, 1.54) is 32.2 Å². The number of esters is 1. The normalized spacial score (nSPS) is 11.3. The fraction of sp³-hybridized carbons (Fsp3) is 0.211. The second kappa shape index (κ2) is 8.75. The molecule has 2 aromatic rings. The Morgan fingerprint density at radius 1 is 1.08 bits per heavy atom. The van der Waals surface area contributed by atoms with E-state index in [0.29, 0.717) is 11.3 Å². The molecule has 0 radical (unpaired) electrons. The van der Waals surface area contributed by atoms with Gasteiger partial charge in [0.25, 0.3) is 5.91 Å². The van der Waals surface area contributed by atoms with Crippen molar-refractivity contribution in [3.05, 3.63) is 65.5 Å². The molecule has 0 fully saturated rings. The maximum atomic E-state index is 13.1. The third-order valence-electron chi connectivity index (χ3n) is 3.53. The number of Topliss-reactive ketones (excluding diaryl/α,β-unsaturated/α-hetero) is 1. The average Bonchev–Trinajstić information content (AvgIpc) is 2.65. The van der Waals surface area contributed by atoms with Crippen molar-refractivity contribution in [2.75, 3.05) is 13.7 Å². The van der Waals surface area contributed by atoms with Gasteiger partial charge in [-0.2, -0.15) is 0 Å². The zero-order valence-corrected chi connectivity index (χ0v) is 14.3. The fourth-order valence-electron chi connectivity index (χ4n) is 2.17. The summed E-state index contributed by atoms with van der Waals surface area (Å²) in [7, 11) is 1.51. The van der Waals surface area contributed by atoms with Crippen molar-refractivity contribution in [1.29, 1.82) is 0 Å². The van der Waals surface area contributed by atoms with Gasteiger partial charge in [-0.05, 0) is 49.4 Å². The van der Waals surface area contributed by atoms with Crippen LogP contribution in [0.25, 0.3) is 0 Å². The zero-order valence-electron chi connectivity index (χ0n) is 14.3. The summed E-state index contributed by atoms with van der Waals surface area (Å²) in [5.41, 5.74) is 0.454. The van der Waals surface area contributed by atoms with Gasteiger partial charge in [-0.25, -0.2) is 4.39 Å². The third kappa shape index (κ3) is 5.14. The van der Waals surface area contributed by atoms with E-state index >= 15 is 0 Å². The summed E-state index contributed by atoms with van der Waals surface area (Å²) >= 11 is 0. The van der Waals surface area contributed by atoms with Gasteiger partial charge in [0, 0.05) is 11.1 Å². The van der Waals surface area contributed by atoms with Crippen LogP contribution < -0.4 is 10.1 Å². The fourth-order valence-corrected chi connectivity index (χ4v) is 2.17. The first-order valence-electron chi connectivity index (χ1n) is 7.82. The molecule has 1 atom stereocenters. The van der Waals surface area contributed by atoms with Crippen molar-refractivity contribution in [2.45, 2.75) is 13.0 Å². The van der Waals surface area contributed by atoms with E-state index in [0.717, 1.165) is 6.07 Å². The van der Waals surface area contributed by atoms with Gasteiger partial charge < -0.3 is 14.8 Å². The highest BCUT2D eigenvalue weighted by atomic mass is 19.1. The lowest BCUT2D eigenvalue weighted by Gasteiger charge is -2.13. The maximum Gasteiger partial charge on any atom is 0.326 e. The largest absolute Gasteiger partial charge is 0.497 e. The van der Waals surface area contributed by atoms with Gasteiger partial charge in [0.1, 0.15) is 18.1 Å². The maximum absolute atomic E-state index is 13.1. The monoisotopic (exact) mass is 359 g/mol. The number of amides is 1. The molecule has 7 heteroatoms. The summed E-state index contributed by atoms with van der Waals surface area (Å²) in [6, 6.07) is 11.4. The van der Waals surface area contributed by atoms with Crippen LogP contribution in [0.3, 0.4) is 0 Å². The Labute approximate surface area is 149 Å². The molecule has 0 bridgehead atoms. The average molecular weight is 359 g/mol. The molecule has 0 spiro atoms. The van der Waals surface area contributed by atoms with Crippen LogP contribution in [0.2, 0.25) is 0 Å². The van der Waals surface area contributed by atoms with E-state index in [4.69, 9.17) is 9.47 Å². The van der Waals surface area contributed by atoms with Crippen molar-refractivity contribution in [2.24, 2.45) is 0 Å². The third-order valence-corrected chi connectivity index (χ3v) is 3.53. The van der Waals surface area contributed by atoms with Gasteiger partial charge in [0.15, 0.2) is 6.10 Å². The van der Waals surface area contributed by atoms with E-state index in [9.17, 15) is 18.8 Å². The molecule has 6 nitrogen and oxygen atoms in total. The predicted molar refractivity (Wildman–Crippen MR) is 91.6 cm³/mol. The topological polar surface area (TPSA) is 81.7 Å². The Hall–Kier alpha value is -3.22. The molecule has 0 aromatic heterocycles. The van der Waals surface area contributed by atoms with Crippen molar-refractivity contribution in [3.8, 4) is 5.75 Å². The number of hydrogen-bond donors (Lipinski definition) is 1. The van der Waals surface area contributed by atoms with E-state index in [1.807, 2.05) is 0 Å². The van der Waals surface area contributed by atoms with Gasteiger partial charge in [-0.15, -0.1) is 0 Å². The molecule has 26 heavy (non-hydrogen) atoms. The molecule has 0 heterocycles. The van der Waals surface area contributed by atoms with Crippen molar-refractivity contribution in [1.82, 2.24) is 5.32 Å². The second-order valence-corrected chi connectivity index (χ2v) is 5.42. The molecule has 0 saturated carbocycles. The number of ether oxygens (including phenoxy) is 2. The van der Waals surface area contributed by atoms with Crippen LogP contribution in [-0.2, 0) is 9.53 Å². The van der Waals surface area contributed by atoms with Crippen LogP contribution in [0.5, 0.6) is 5.75 Å². The summed E-state index contributed by atoms with van der Waals surface area (Å²) < 4.78 is 23.1. The molecular formula is C19H18FNO5. The zero-order chi connectivity index (χ0) is 19.1. The lowest BCUT2D eigenvalue weighted by atomic mass is 10.1. The predicted octanol–water partition coefficient (Wildman–Crippen LogP) is 2.38. The Bertz CT molecular complexity index is 804. The molecule has 1 N–H and O–H groups in total. The van der Waals surface area contributed by atoms with E-state index < -0.39 is 30.3 Å². The second-order valence-electron chi connectivity index (χ2n) is 5.42. The first kappa shape index (κ1) is 19.1. The molecule has 136 valence electrons. The van der Waals surface area contributed by atoms with Crippen LogP contribution in [0.15, 0.2) is 48.5 Å². The van der Waals surface area contributed by atoms with Crippen LogP contribution in [0, 0.1) is 5.82 Å². The quantitative estimate of drug-likeness (QED) is 0.606. The SMILES string of the molecule is COc1ccc(C(=O)[C@@H](C)OC(=O)CNC(=O)c2cccc(F)c2)cc1. The Morgan fingerprint density at radius 2 is 1.77 bits per heavy atom. The van der Waals surface area contributed by atoms with E-state index in [2.05, 4.69) is 5.32 Å². The molecule has 0 saturated heterocycles. The van der Waals surface area contributed by atoms with Crippen molar-refractivity contribution in [3.63, 3.8) is 0 Å². The summed E-state index contributed by atoms with van der Waals surface area (Å²) in [4.78, 5) is 35.9. The number of halogens is 1. The van der Waals surface area contributed by atoms with E-state index in [1.54, 1.807) is 24.3 Å². The number of nitrogens with one attached hydrogen (secondary N) is 1. The Morgan fingerprint density at radius 3 is 2.38 bits per heavy atom. The van der Waals surface area contributed by atoms with Gasteiger partial charge in [0.05, 0.1) is 7.11 Å². The molecule has 1 amide bonds. The minimum Gasteiger partial charge on any atom is -0.497 e. The van der Waals surface area contributed by atoms with Crippen LogP contribution >= 0.6 is 0 Å². The minimum atomic E-state index is -1.01.